The summed E-state index contributed by atoms with van der Waals surface area (Å²) in [5.74, 6) is -0.518. The molecule has 0 heterocycles. The topological polar surface area (TPSA) is 33.5 Å². The fraction of sp³-hybridized carbons (Fsp3) is 0.286. The molecule has 0 radical (unpaired) electrons. The van der Waals surface area contributed by atoms with Gasteiger partial charge in [0.15, 0.2) is 5.69 Å². The maximum atomic E-state index is 12.8. The van der Waals surface area contributed by atoms with Crippen LogP contribution in [0.15, 0.2) is 30.4 Å². The van der Waals surface area contributed by atoms with Gasteiger partial charge in [-0.3, -0.25) is 4.79 Å². The summed E-state index contributed by atoms with van der Waals surface area (Å²) in [6.07, 6.45) is -3.45. The first-order valence-electron chi connectivity index (χ1n) is 5.87. The summed E-state index contributed by atoms with van der Waals surface area (Å²) in [6, 6.07) is 3.05. The van der Waals surface area contributed by atoms with Crippen LogP contribution in [0.25, 0.3) is 4.85 Å². The van der Waals surface area contributed by atoms with Gasteiger partial charge in [-0.05, 0) is 18.6 Å². The van der Waals surface area contributed by atoms with E-state index in [0.29, 0.717) is 12.0 Å². The molecule has 1 N–H and O–H groups in total. The SMILES string of the molecule is [C-]#[N+]c1ccc(NC(=O)C(=C)CCC)cc1C(F)(F)F. The van der Waals surface area contributed by atoms with Crippen molar-refractivity contribution in [2.45, 2.75) is 25.9 Å². The Bertz CT molecular complexity index is 571. The molecule has 0 aromatic heterocycles. The average molecular weight is 282 g/mol. The van der Waals surface area contributed by atoms with Crippen LogP contribution in [0.4, 0.5) is 24.5 Å². The summed E-state index contributed by atoms with van der Waals surface area (Å²) in [7, 11) is 0. The number of nitrogens with zero attached hydrogens (tertiary/aromatic N) is 1. The lowest BCUT2D eigenvalue weighted by Gasteiger charge is -2.12. The second-order valence-electron chi connectivity index (χ2n) is 4.15. The summed E-state index contributed by atoms with van der Waals surface area (Å²) in [5, 5.41) is 2.35. The summed E-state index contributed by atoms with van der Waals surface area (Å²) in [4.78, 5) is 14.5. The molecule has 0 fully saturated rings. The van der Waals surface area contributed by atoms with Gasteiger partial charge in [0.1, 0.15) is 0 Å². The molecule has 20 heavy (non-hydrogen) atoms. The maximum Gasteiger partial charge on any atom is 0.407 e. The fourth-order valence-corrected chi connectivity index (χ4v) is 1.57. The van der Waals surface area contributed by atoms with Gasteiger partial charge in [-0.25, -0.2) is 4.85 Å². The van der Waals surface area contributed by atoms with Crippen LogP contribution in [0, 0.1) is 6.57 Å². The van der Waals surface area contributed by atoms with Crippen molar-refractivity contribution in [3.8, 4) is 0 Å². The number of anilines is 1. The lowest BCUT2D eigenvalue weighted by atomic mass is 10.1. The first kappa shape index (κ1) is 15.8. The van der Waals surface area contributed by atoms with Gasteiger partial charge >= 0.3 is 6.18 Å². The van der Waals surface area contributed by atoms with Crippen molar-refractivity contribution in [3.63, 3.8) is 0 Å². The molecule has 0 spiro atoms. The molecule has 0 aliphatic carbocycles. The smallest absolute Gasteiger partial charge is 0.322 e. The van der Waals surface area contributed by atoms with Gasteiger partial charge in [-0.2, -0.15) is 13.2 Å². The Labute approximate surface area is 114 Å². The van der Waals surface area contributed by atoms with Gasteiger partial charge in [0.2, 0.25) is 0 Å². The van der Waals surface area contributed by atoms with Crippen molar-refractivity contribution >= 4 is 17.3 Å². The van der Waals surface area contributed by atoms with E-state index < -0.39 is 23.3 Å². The van der Waals surface area contributed by atoms with Gasteiger partial charge in [-0.15, -0.1) is 0 Å². The molecule has 1 aromatic carbocycles. The van der Waals surface area contributed by atoms with Crippen LogP contribution in [0.1, 0.15) is 25.3 Å². The van der Waals surface area contributed by atoms with Crippen LogP contribution >= 0.6 is 0 Å². The van der Waals surface area contributed by atoms with Gasteiger partial charge in [0.25, 0.3) is 5.91 Å². The Morgan fingerprint density at radius 3 is 2.60 bits per heavy atom. The summed E-state index contributed by atoms with van der Waals surface area (Å²) < 4.78 is 38.3. The number of benzene rings is 1. The highest BCUT2D eigenvalue weighted by atomic mass is 19.4. The zero-order chi connectivity index (χ0) is 15.3. The molecule has 0 saturated heterocycles. The Morgan fingerprint density at radius 1 is 1.45 bits per heavy atom. The Balaban J connectivity index is 3.02. The lowest BCUT2D eigenvalue weighted by molar-refractivity contribution is -0.136. The number of alkyl halides is 3. The third-order valence-corrected chi connectivity index (χ3v) is 2.55. The largest absolute Gasteiger partial charge is 0.407 e. The van der Waals surface area contributed by atoms with Gasteiger partial charge in [0, 0.05) is 11.3 Å². The molecule has 1 amide bonds. The van der Waals surface area contributed by atoms with E-state index in [1.807, 2.05) is 6.92 Å². The van der Waals surface area contributed by atoms with Crippen LogP contribution in [-0.2, 0) is 11.0 Å². The average Bonchev–Trinajstić information content (AvgIpc) is 2.37. The van der Waals surface area contributed by atoms with Crippen LogP contribution in [0.3, 0.4) is 0 Å². The number of carbonyl (C=O) groups excluding carboxylic acids is 1. The lowest BCUT2D eigenvalue weighted by Crippen LogP contribution is -2.14. The molecule has 106 valence electrons. The van der Waals surface area contributed by atoms with Gasteiger partial charge < -0.3 is 5.32 Å². The van der Waals surface area contributed by atoms with E-state index in [1.54, 1.807) is 0 Å². The zero-order valence-corrected chi connectivity index (χ0v) is 10.8. The van der Waals surface area contributed by atoms with Crippen molar-refractivity contribution in [1.29, 1.82) is 0 Å². The van der Waals surface area contributed by atoms with E-state index in [4.69, 9.17) is 6.57 Å². The van der Waals surface area contributed by atoms with Crippen LogP contribution in [0.5, 0.6) is 0 Å². The predicted molar refractivity (Wildman–Crippen MR) is 70.4 cm³/mol. The molecule has 1 aromatic rings. The van der Waals surface area contributed by atoms with E-state index in [9.17, 15) is 18.0 Å². The molecule has 1 rings (SSSR count). The number of rotatable bonds is 4. The normalized spacial score (nSPS) is 10.8. The Hall–Kier alpha value is -2.29. The molecule has 0 aliphatic rings. The van der Waals surface area contributed by atoms with Crippen LogP contribution < -0.4 is 5.32 Å². The highest BCUT2D eigenvalue weighted by Gasteiger charge is 2.33. The molecular formula is C14H13F3N2O. The standard InChI is InChI=1S/C14H13F3N2O/c1-4-5-9(2)13(20)19-10-6-7-12(18-3)11(8-10)14(15,16)17/h6-8H,2,4-5H2,1H3,(H,19,20). The number of carbonyl (C=O) groups is 1. The molecular weight excluding hydrogens is 269 g/mol. The Morgan fingerprint density at radius 2 is 2.10 bits per heavy atom. The molecule has 0 unspecified atom stereocenters. The van der Waals surface area contributed by atoms with Crippen molar-refractivity contribution in [2.75, 3.05) is 5.32 Å². The minimum Gasteiger partial charge on any atom is -0.322 e. The van der Waals surface area contributed by atoms with E-state index >= 15 is 0 Å². The zero-order valence-electron chi connectivity index (χ0n) is 10.8. The molecule has 0 aliphatic heterocycles. The van der Waals surface area contributed by atoms with Crippen molar-refractivity contribution in [1.82, 2.24) is 0 Å². The number of hydrogen-bond donors (Lipinski definition) is 1. The number of hydrogen-bond acceptors (Lipinski definition) is 1. The van der Waals surface area contributed by atoms with Crippen molar-refractivity contribution in [2.24, 2.45) is 0 Å². The summed E-state index contributed by atoms with van der Waals surface area (Å²) >= 11 is 0. The maximum absolute atomic E-state index is 12.8. The molecule has 0 saturated carbocycles. The van der Waals surface area contributed by atoms with E-state index in [0.717, 1.165) is 18.6 Å². The van der Waals surface area contributed by atoms with E-state index in [2.05, 4.69) is 16.7 Å². The van der Waals surface area contributed by atoms with Gasteiger partial charge in [0.05, 0.1) is 12.1 Å². The monoisotopic (exact) mass is 282 g/mol. The number of halogens is 3. The molecule has 3 nitrogen and oxygen atoms in total. The minimum atomic E-state index is -4.64. The second kappa shape index (κ2) is 6.24. The highest BCUT2D eigenvalue weighted by molar-refractivity contribution is 6.03. The Kier molecular flexibility index (Phi) is 4.92. The number of amides is 1. The van der Waals surface area contributed by atoms with E-state index in [-0.39, 0.29) is 5.69 Å². The first-order valence-corrected chi connectivity index (χ1v) is 5.87. The second-order valence-corrected chi connectivity index (χ2v) is 4.15. The predicted octanol–water partition coefficient (Wildman–Crippen LogP) is 4.55. The third-order valence-electron chi connectivity index (χ3n) is 2.55. The molecule has 6 heteroatoms. The van der Waals surface area contributed by atoms with E-state index in [1.165, 1.54) is 6.07 Å². The first-order chi connectivity index (χ1) is 9.29. The fourth-order valence-electron chi connectivity index (χ4n) is 1.57. The quantitative estimate of drug-likeness (QED) is 0.638. The molecule has 0 atom stereocenters. The minimum absolute atomic E-state index is 0.00743. The van der Waals surface area contributed by atoms with Gasteiger partial charge in [-0.1, -0.05) is 26.0 Å². The van der Waals surface area contributed by atoms with Crippen LogP contribution in [0.2, 0.25) is 0 Å². The molecule has 0 bridgehead atoms. The summed E-state index contributed by atoms with van der Waals surface area (Å²) in [6.45, 7) is 12.2. The van der Waals surface area contributed by atoms with Crippen molar-refractivity contribution < 1.29 is 18.0 Å². The van der Waals surface area contributed by atoms with Crippen molar-refractivity contribution in [3.05, 3.63) is 47.3 Å². The summed E-state index contributed by atoms with van der Waals surface area (Å²) in [5.41, 5.74) is -1.27. The van der Waals surface area contributed by atoms with Crippen LogP contribution in [-0.4, -0.2) is 5.91 Å². The number of nitrogens with one attached hydrogen (secondary N) is 1. The third kappa shape index (κ3) is 3.85. The highest BCUT2D eigenvalue weighted by Crippen LogP contribution is 2.38.